The Labute approximate surface area is 197 Å². The van der Waals surface area contributed by atoms with Crippen molar-refractivity contribution in [2.45, 2.75) is 12.8 Å². The summed E-state index contributed by atoms with van der Waals surface area (Å²) in [5.74, 6) is -0.744. The van der Waals surface area contributed by atoms with E-state index in [9.17, 15) is 19.6 Å². The first-order valence-electron chi connectivity index (χ1n) is 10.3. The molecule has 1 aliphatic rings. The molecule has 2 amide bonds. The van der Waals surface area contributed by atoms with Gasteiger partial charge in [0.25, 0.3) is 5.91 Å². The normalized spacial score (nSPS) is 12.0. The van der Waals surface area contributed by atoms with Crippen LogP contribution < -0.4 is 30.3 Å². The summed E-state index contributed by atoms with van der Waals surface area (Å²) in [5, 5.41) is 12.3. The third-order valence-corrected chi connectivity index (χ3v) is 5.50. The van der Waals surface area contributed by atoms with Gasteiger partial charge in [0.15, 0.2) is 17.3 Å². The molecule has 0 radical (unpaired) electrons. The lowest BCUT2D eigenvalue weighted by atomic mass is 10.1. The summed E-state index contributed by atoms with van der Waals surface area (Å²) in [5.41, 5.74) is 7.28. The van der Waals surface area contributed by atoms with Crippen molar-refractivity contribution in [2.75, 3.05) is 43.4 Å². The molecule has 0 saturated heterocycles. The summed E-state index contributed by atoms with van der Waals surface area (Å²) in [6, 6.07) is 12.3. The van der Waals surface area contributed by atoms with Crippen molar-refractivity contribution in [1.29, 1.82) is 5.26 Å². The molecule has 10 heteroatoms. The molecule has 2 aromatic carbocycles. The first-order chi connectivity index (χ1) is 16.2. The number of amides is 2. The molecule has 0 bridgehead atoms. The van der Waals surface area contributed by atoms with E-state index in [4.69, 9.17) is 15.2 Å². The number of primary amides is 1. The van der Waals surface area contributed by atoms with Crippen molar-refractivity contribution < 1.29 is 23.9 Å². The van der Waals surface area contributed by atoms with E-state index >= 15 is 0 Å². The SMILES string of the molecule is COc1cc(NC(=O)CCC(=O)C(C#N)=C2N(C)c3ccccc3N2C)c(C(N)=O)cc1OC. The van der Waals surface area contributed by atoms with E-state index in [-0.39, 0.29) is 35.4 Å². The van der Waals surface area contributed by atoms with Crippen LogP contribution in [0.2, 0.25) is 0 Å². The predicted octanol–water partition coefficient (Wildman–Crippen LogP) is 2.41. The van der Waals surface area contributed by atoms with Crippen LogP contribution in [0.1, 0.15) is 23.2 Å². The fraction of sp³-hybridized carbons (Fsp3) is 0.250. The number of carbonyl (C=O) groups is 3. The van der Waals surface area contributed by atoms with Gasteiger partial charge >= 0.3 is 0 Å². The van der Waals surface area contributed by atoms with Crippen molar-refractivity contribution in [3.8, 4) is 17.6 Å². The maximum Gasteiger partial charge on any atom is 0.250 e. The van der Waals surface area contributed by atoms with Gasteiger partial charge in [-0.1, -0.05) is 12.1 Å². The van der Waals surface area contributed by atoms with Crippen molar-refractivity contribution in [2.24, 2.45) is 5.73 Å². The second-order valence-electron chi connectivity index (χ2n) is 7.51. The third-order valence-electron chi connectivity index (χ3n) is 5.50. The topological polar surface area (TPSA) is 138 Å². The number of methoxy groups -OCH3 is 2. The maximum absolute atomic E-state index is 12.9. The lowest BCUT2D eigenvalue weighted by Gasteiger charge is -2.20. The van der Waals surface area contributed by atoms with Crippen LogP contribution in [0.15, 0.2) is 47.8 Å². The first-order valence-corrected chi connectivity index (χ1v) is 10.3. The Balaban J connectivity index is 1.77. The summed E-state index contributed by atoms with van der Waals surface area (Å²) in [6.07, 6.45) is -0.403. The molecule has 3 N–H and O–H groups in total. The van der Waals surface area contributed by atoms with Crippen LogP contribution in [0.5, 0.6) is 11.5 Å². The number of nitriles is 1. The van der Waals surface area contributed by atoms with Crippen molar-refractivity contribution in [1.82, 2.24) is 0 Å². The van der Waals surface area contributed by atoms with E-state index < -0.39 is 17.6 Å². The maximum atomic E-state index is 12.9. The number of anilines is 3. The van der Waals surface area contributed by atoms with Crippen LogP contribution in [0.4, 0.5) is 17.1 Å². The van der Waals surface area contributed by atoms with Gasteiger partial charge in [-0.3, -0.25) is 14.4 Å². The van der Waals surface area contributed by atoms with Crippen LogP contribution in [0, 0.1) is 11.3 Å². The largest absolute Gasteiger partial charge is 0.493 e. The third kappa shape index (κ3) is 4.49. The monoisotopic (exact) mass is 463 g/mol. The molecule has 10 nitrogen and oxygen atoms in total. The van der Waals surface area contributed by atoms with Crippen LogP contribution >= 0.6 is 0 Å². The quantitative estimate of drug-likeness (QED) is 0.450. The molecule has 0 spiro atoms. The second-order valence-corrected chi connectivity index (χ2v) is 7.51. The van der Waals surface area contributed by atoms with E-state index in [1.54, 1.807) is 23.9 Å². The van der Waals surface area contributed by atoms with Crippen molar-refractivity contribution >= 4 is 34.7 Å². The molecule has 0 aliphatic carbocycles. The molecule has 34 heavy (non-hydrogen) atoms. The fourth-order valence-electron chi connectivity index (χ4n) is 3.81. The number of hydrogen-bond acceptors (Lipinski definition) is 8. The molecule has 0 aromatic heterocycles. The van der Waals surface area contributed by atoms with Crippen LogP contribution in [-0.2, 0) is 9.59 Å². The number of para-hydroxylation sites is 2. The Kier molecular flexibility index (Phi) is 7.06. The number of nitrogens with two attached hydrogens (primary N) is 1. The predicted molar refractivity (Wildman–Crippen MR) is 127 cm³/mol. The number of nitrogens with zero attached hydrogens (tertiary/aromatic N) is 3. The van der Waals surface area contributed by atoms with Crippen LogP contribution in [0.25, 0.3) is 0 Å². The number of nitrogens with one attached hydrogen (secondary N) is 1. The molecule has 0 unspecified atom stereocenters. The number of allylic oxidation sites excluding steroid dienone is 1. The number of ether oxygens (including phenoxy) is 2. The molecule has 176 valence electrons. The van der Waals surface area contributed by atoms with Gasteiger partial charge < -0.3 is 30.3 Å². The fourth-order valence-corrected chi connectivity index (χ4v) is 3.81. The minimum absolute atomic E-state index is 0.0316. The summed E-state index contributed by atoms with van der Waals surface area (Å²) in [7, 11) is 6.37. The number of Topliss-reactive ketones (excluding diaryl/α,β-unsaturated/α-hetero) is 1. The summed E-state index contributed by atoms with van der Waals surface area (Å²) >= 11 is 0. The minimum Gasteiger partial charge on any atom is -0.493 e. The van der Waals surface area contributed by atoms with Gasteiger partial charge in [-0.05, 0) is 18.2 Å². The zero-order valence-electron chi connectivity index (χ0n) is 19.3. The minimum atomic E-state index is -0.768. The molecular formula is C24H25N5O5. The number of ketones is 1. The van der Waals surface area contributed by atoms with E-state index in [2.05, 4.69) is 5.32 Å². The van der Waals surface area contributed by atoms with Crippen molar-refractivity contribution in [3.63, 3.8) is 0 Å². The lowest BCUT2D eigenvalue weighted by molar-refractivity contribution is -0.120. The highest BCUT2D eigenvalue weighted by Crippen LogP contribution is 2.40. The molecule has 0 atom stereocenters. The average Bonchev–Trinajstić information content (AvgIpc) is 3.08. The standard InChI is InChI=1S/C24H25N5O5/c1-28-17-7-5-6-8-18(17)29(2)24(28)15(13-25)19(30)9-10-22(31)27-16-12-21(34-4)20(33-3)11-14(16)23(26)32/h5-8,11-12H,9-10H2,1-4H3,(H2,26,32)(H,27,31). The highest BCUT2D eigenvalue weighted by molar-refractivity contribution is 6.06. The van der Waals surface area contributed by atoms with Gasteiger partial charge in [-0.25, -0.2) is 0 Å². The average molecular weight is 463 g/mol. The smallest absolute Gasteiger partial charge is 0.250 e. The molecular weight excluding hydrogens is 438 g/mol. The number of carbonyl (C=O) groups excluding carboxylic acids is 3. The van der Waals surface area contributed by atoms with E-state index in [0.29, 0.717) is 11.6 Å². The lowest BCUT2D eigenvalue weighted by Crippen LogP contribution is -2.26. The molecule has 2 aromatic rings. The highest BCUT2D eigenvalue weighted by Gasteiger charge is 2.31. The number of benzene rings is 2. The summed E-state index contributed by atoms with van der Waals surface area (Å²) in [4.78, 5) is 40.9. The number of hydrogen-bond donors (Lipinski definition) is 2. The van der Waals surface area contributed by atoms with Gasteiger partial charge in [0.05, 0.1) is 36.8 Å². The Hall–Kier alpha value is -4.52. The molecule has 1 heterocycles. The Morgan fingerprint density at radius 3 is 2.06 bits per heavy atom. The van der Waals surface area contributed by atoms with Crippen molar-refractivity contribution in [3.05, 3.63) is 53.4 Å². The van der Waals surface area contributed by atoms with E-state index in [1.165, 1.54) is 26.4 Å². The Morgan fingerprint density at radius 2 is 1.56 bits per heavy atom. The first kappa shape index (κ1) is 24.1. The van der Waals surface area contributed by atoms with E-state index in [1.807, 2.05) is 30.3 Å². The summed E-state index contributed by atoms with van der Waals surface area (Å²) in [6.45, 7) is 0. The van der Waals surface area contributed by atoms with Gasteiger partial charge in [0, 0.05) is 33.0 Å². The zero-order chi connectivity index (χ0) is 25.0. The molecule has 0 saturated carbocycles. The van der Waals surface area contributed by atoms with Gasteiger partial charge in [-0.15, -0.1) is 0 Å². The Bertz CT molecular complexity index is 1200. The molecule has 0 fully saturated rings. The second kappa shape index (κ2) is 9.95. The number of rotatable bonds is 8. The highest BCUT2D eigenvalue weighted by atomic mass is 16.5. The van der Waals surface area contributed by atoms with Crippen LogP contribution in [0.3, 0.4) is 0 Å². The summed E-state index contributed by atoms with van der Waals surface area (Å²) < 4.78 is 10.4. The zero-order valence-corrected chi connectivity index (χ0v) is 19.3. The van der Waals surface area contributed by atoms with Gasteiger partial charge in [-0.2, -0.15) is 5.26 Å². The van der Waals surface area contributed by atoms with Gasteiger partial charge in [0.1, 0.15) is 17.5 Å². The van der Waals surface area contributed by atoms with Crippen LogP contribution in [-0.4, -0.2) is 45.9 Å². The van der Waals surface area contributed by atoms with E-state index in [0.717, 1.165) is 11.4 Å². The molecule has 3 rings (SSSR count). The molecule has 1 aliphatic heterocycles. The number of fused-ring (bicyclic) bond motifs is 1. The Morgan fingerprint density at radius 1 is 1.00 bits per heavy atom. The van der Waals surface area contributed by atoms with Gasteiger partial charge in [0.2, 0.25) is 5.91 Å².